The van der Waals surface area contributed by atoms with Gasteiger partial charge in [-0.05, 0) is 11.6 Å². The Labute approximate surface area is 119 Å². The molecule has 0 atom stereocenters. The Morgan fingerprint density at radius 3 is 2.50 bits per heavy atom. The zero-order valence-corrected chi connectivity index (χ0v) is 12.4. The predicted octanol–water partition coefficient (Wildman–Crippen LogP) is 2.82. The van der Waals surface area contributed by atoms with Gasteiger partial charge in [-0.1, -0.05) is 26.8 Å². The van der Waals surface area contributed by atoms with Crippen LogP contribution in [0.2, 0.25) is 0 Å². The van der Waals surface area contributed by atoms with E-state index >= 15 is 0 Å². The van der Waals surface area contributed by atoms with Crippen molar-refractivity contribution in [3.05, 3.63) is 42.0 Å². The lowest BCUT2D eigenvalue weighted by Gasteiger charge is -2.18. The summed E-state index contributed by atoms with van der Waals surface area (Å²) in [5, 5.41) is 6.39. The lowest BCUT2D eigenvalue weighted by Crippen LogP contribution is -2.18. The van der Waals surface area contributed by atoms with Crippen LogP contribution in [-0.4, -0.2) is 22.0 Å². The van der Waals surface area contributed by atoms with Crippen LogP contribution >= 0.6 is 0 Å². The molecule has 2 rings (SSSR count). The molecule has 0 bridgehead atoms. The molecule has 2 aromatic rings. The fraction of sp³-hybridized carbons (Fsp3) is 0.400. The second-order valence-electron chi connectivity index (χ2n) is 5.68. The van der Waals surface area contributed by atoms with Crippen molar-refractivity contribution in [2.75, 3.05) is 17.7 Å². The second-order valence-corrected chi connectivity index (χ2v) is 5.68. The second kappa shape index (κ2) is 5.86. The fourth-order valence-corrected chi connectivity index (χ4v) is 1.70. The van der Waals surface area contributed by atoms with Crippen molar-refractivity contribution in [3.63, 3.8) is 0 Å². The monoisotopic (exact) mass is 271 g/mol. The summed E-state index contributed by atoms with van der Waals surface area (Å²) in [7, 11) is 1.86. The number of anilines is 2. The maximum absolute atomic E-state index is 4.59. The molecule has 2 N–H and O–H groups in total. The fourth-order valence-electron chi connectivity index (χ4n) is 1.70. The first kappa shape index (κ1) is 14.2. The molecule has 2 heterocycles. The van der Waals surface area contributed by atoms with Crippen LogP contribution < -0.4 is 10.6 Å². The van der Waals surface area contributed by atoms with Crippen molar-refractivity contribution >= 4 is 11.6 Å². The van der Waals surface area contributed by atoms with Crippen LogP contribution in [-0.2, 0) is 12.0 Å². The average Bonchev–Trinajstić information content (AvgIpc) is 2.45. The topological polar surface area (TPSA) is 62.7 Å². The summed E-state index contributed by atoms with van der Waals surface area (Å²) < 4.78 is 0. The Morgan fingerprint density at radius 2 is 1.90 bits per heavy atom. The third kappa shape index (κ3) is 3.66. The van der Waals surface area contributed by atoms with Gasteiger partial charge in [0.25, 0.3) is 0 Å². The average molecular weight is 271 g/mol. The van der Waals surface area contributed by atoms with Crippen LogP contribution in [0.3, 0.4) is 0 Å². The van der Waals surface area contributed by atoms with E-state index < -0.39 is 0 Å². The van der Waals surface area contributed by atoms with E-state index in [2.05, 4.69) is 46.4 Å². The maximum Gasteiger partial charge on any atom is 0.138 e. The van der Waals surface area contributed by atoms with E-state index in [-0.39, 0.29) is 5.41 Å². The molecular formula is C15H21N5. The Bertz CT molecular complexity index is 560. The van der Waals surface area contributed by atoms with Gasteiger partial charge in [0.05, 0.1) is 0 Å². The Morgan fingerprint density at radius 1 is 1.15 bits per heavy atom. The minimum atomic E-state index is -0.0857. The maximum atomic E-state index is 4.59. The number of nitrogens with one attached hydrogen (secondary N) is 2. The van der Waals surface area contributed by atoms with Gasteiger partial charge in [0.15, 0.2) is 0 Å². The summed E-state index contributed by atoms with van der Waals surface area (Å²) in [4.78, 5) is 13.2. The highest BCUT2D eigenvalue weighted by Crippen LogP contribution is 2.22. The highest BCUT2D eigenvalue weighted by atomic mass is 15.1. The van der Waals surface area contributed by atoms with E-state index in [1.807, 2.05) is 31.4 Å². The first-order valence-corrected chi connectivity index (χ1v) is 6.69. The number of hydrogen-bond donors (Lipinski definition) is 2. The largest absolute Gasteiger partial charge is 0.373 e. The van der Waals surface area contributed by atoms with Gasteiger partial charge in [-0.25, -0.2) is 9.97 Å². The van der Waals surface area contributed by atoms with Gasteiger partial charge in [0.2, 0.25) is 0 Å². The highest BCUT2D eigenvalue weighted by Gasteiger charge is 2.18. The number of rotatable bonds is 4. The number of nitrogens with zero attached hydrogens (tertiary/aromatic N) is 3. The van der Waals surface area contributed by atoms with Crippen molar-refractivity contribution in [1.29, 1.82) is 0 Å². The first-order valence-electron chi connectivity index (χ1n) is 6.69. The Balaban J connectivity index is 2.19. The molecule has 106 valence electrons. The van der Waals surface area contributed by atoms with E-state index in [0.717, 1.165) is 23.0 Å². The van der Waals surface area contributed by atoms with Crippen LogP contribution in [0.15, 0.2) is 30.6 Å². The summed E-state index contributed by atoms with van der Waals surface area (Å²) in [5.41, 5.74) is 1.03. The molecule has 0 aliphatic heterocycles. The molecule has 0 amide bonds. The first-order chi connectivity index (χ1) is 9.49. The number of pyridine rings is 1. The van der Waals surface area contributed by atoms with E-state index in [9.17, 15) is 0 Å². The molecule has 0 spiro atoms. The highest BCUT2D eigenvalue weighted by molar-refractivity contribution is 5.48. The molecule has 5 nitrogen and oxygen atoms in total. The molecule has 0 fully saturated rings. The Kier molecular flexibility index (Phi) is 4.17. The molecule has 0 aliphatic rings. The summed E-state index contributed by atoms with van der Waals surface area (Å²) in [6, 6.07) is 5.87. The molecule has 5 heteroatoms. The van der Waals surface area contributed by atoms with Crippen molar-refractivity contribution < 1.29 is 0 Å². The van der Waals surface area contributed by atoms with Crippen LogP contribution in [0.4, 0.5) is 11.6 Å². The zero-order valence-electron chi connectivity index (χ0n) is 12.4. The van der Waals surface area contributed by atoms with Gasteiger partial charge in [0.1, 0.15) is 17.5 Å². The van der Waals surface area contributed by atoms with E-state index in [1.165, 1.54) is 0 Å². The van der Waals surface area contributed by atoms with Gasteiger partial charge in [-0.15, -0.1) is 0 Å². The molecular weight excluding hydrogens is 250 g/mol. The molecule has 20 heavy (non-hydrogen) atoms. The molecule has 0 unspecified atom stereocenters. The summed E-state index contributed by atoms with van der Waals surface area (Å²) in [6.45, 7) is 7.00. The summed E-state index contributed by atoms with van der Waals surface area (Å²) in [6.07, 6.45) is 3.61. The molecule has 2 aromatic heterocycles. The smallest absolute Gasteiger partial charge is 0.138 e. The number of hydrogen-bond acceptors (Lipinski definition) is 5. The normalized spacial score (nSPS) is 11.2. The van der Waals surface area contributed by atoms with Gasteiger partial charge in [-0.2, -0.15) is 0 Å². The van der Waals surface area contributed by atoms with Crippen molar-refractivity contribution in [2.24, 2.45) is 0 Å². The molecule has 0 radical (unpaired) electrons. The quantitative estimate of drug-likeness (QED) is 0.895. The molecule has 0 saturated heterocycles. The van der Waals surface area contributed by atoms with E-state index in [1.54, 1.807) is 6.20 Å². The molecule has 0 aliphatic carbocycles. The van der Waals surface area contributed by atoms with Crippen molar-refractivity contribution in [3.8, 4) is 0 Å². The lowest BCUT2D eigenvalue weighted by atomic mass is 9.96. The number of aromatic nitrogens is 3. The van der Waals surface area contributed by atoms with Gasteiger partial charge in [-0.3, -0.25) is 4.98 Å². The summed E-state index contributed by atoms with van der Waals surface area (Å²) >= 11 is 0. The van der Waals surface area contributed by atoms with Gasteiger partial charge < -0.3 is 10.6 Å². The molecule has 0 saturated carbocycles. The van der Waals surface area contributed by atoms with Crippen molar-refractivity contribution in [2.45, 2.75) is 32.7 Å². The molecule has 0 aromatic carbocycles. The minimum Gasteiger partial charge on any atom is -0.373 e. The third-order valence-electron chi connectivity index (χ3n) is 2.85. The summed E-state index contributed by atoms with van der Waals surface area (Å²) in [5.74, 6) is 2.45. The van der Waals surface area contributed by atoms with Gasteiger partial charge >= 0.3 is 0 Å². The standard InChI is InChI=1S/C15H21N5/c1-15(2,3)14-19-12(16-4)8-13(20-14)18-10-11-6-5-7-17-9-11/h5-9H,10H2,1-4H3,(H2,16,18,19,20). The predicted molar refractivity (Wildman–Crippen MR) is 81.8 cm³/mol. The lowest BCUT2D eigenvalue weighted by molar-refractivity contribution is 0.546. The SMILES string of the molecule is CNc1cc(NCc2cccnc2)nc(C(C)(C)C)n1. The van der Waals surface area contributed by atoms with E-state index in [4.69, 9.17) is 0 Å². The van der Waals surface area contributed by atoms with Crippen LogP contribution in [0.25, 0.3) is 0 Å². The van der Waals surface area contributed by atoms with Gasteiger partial charge in [0, 0.05) is 37.5 Å². The third-order valence-corrected chi connectivity index (χ3v) is 2.85. The zero-order chi connectivity index (χ0) is 14.6. The van der Waals surface area contributed by atoms with Crippen LogP contribution in [0, 0.1) is 0 Å². The Hall–Kier alpha value is -2.17. The minimum absolute atomic E-state index is 0.0857. The van der Waals surface area contributed by atoms with Crippen molar-refractivity contribution in [1.82, 2.24) is 15.0 Å². The van der Waals surface area contributed by atoms with Crippen LogP contribution in [0.1, 0.15) is 32.2 Å². The van der Waals surface area contributed by atoms with E-state index in [0.29, 0.717) is 6.54 Å². The van der Waals surface area contributed by atoms with Crippen LogP contribution in [0.5, 0.6) is 0 Å².